The zero-order valence-corrected chi connectivity index (χ0v) is 11.6. The third-order valence-corrected chi connectivity index (χ3v) is 3.18. The topological polar surface area (TPSA) is 86.0 Å². The first-order chi connectivity index (χ1) is 10.1. The summed E-state index contributed by atoms with van der Waals surface area (Å²) < 4.78 is 0. The van der Waals surface area contributed by atoms with Crippen molar-refractivity contribution in [3.8, 4) is 6.07 Å². The van der Waals surface area contributed by atoms with E-state index in [2.05, 4.69) is 16.4 Å². The van der Waals surface area contributed by atoms with E-state index in [4.69, 9.17) is 10.4 Å². The molecule has 2 N–H and O–H groups in total. The molecule has 1 heterocycles. The van der Waals surface area contributed by atoms with Gasteiger partial charge in [-0.2, -0.15) is 5.26 Å². The standard InChI is InChI=1S/C16H15N3O2/c1-11-6-7-18-16(14(11)9-17)19-10-13-5-3-2-4-12(13)8-15(20)21/h2-7H,8,10H2,1H3,(H,18,19)(H,20,21). The number of aliphatic carboxylic acids is 1. The number of pyridine rings is 1. The summed E-state index contributed by atoms with van der Waals surface area (Å²) in [6.45, 7) is 2.28. The summed E-state index contributed by atoms with van der Waals surface area (Å²) in [6, 6.07) is 11.2. The predicted molar refractivity (Wildman–Crippen MR) is 78.8 cm³/mol. The van der Waals surface area contributed by atoms with Gasteiger partial charge in [0.05, 0.1) is 12.0 Å². The van der Waals surface area contributed by atoms with Crippen molar-refractivity contribution in [3.63, 3.8) is 0 Å². The fourth-order valence-electron chi connectivity index (χ4n) is 2.08. The highest BCUT2D eigenvalue weighted by Crippen LogP contribution is 2.17. The Bertz CT molecular complexity index is 705. The van der Waals surface area contributed by atoms with Crippen LogP contribution in [-0.4, -0.2) is 16.1 Å². The van der Waals surface area contributed by atoms with Gasteiger partial charge in [-0.15, -0.1) is 0 Å². The average Bonchev–Trinajstić information content (AvgIpc) is 2.46. The molecule has 0 amide bonds. The summed E-state index contributed by atoms with van der Waals surface area (Å²) >= 11 is 0. The van der Waals surface area contributed by atoms with Crippen molar-refractivity contribution in [1.29, 1.82) is 5.26 Å². The second kappa shape index (κ2) is 6.53. The van der Waals surface area contributed by atoms with Crippen LogP contribution in [0.15, 0.2) is 36.5 Å². The highest BCUT2D eigenvalue weighted by atomic mass is 16.4. The number of nitriles is 1. The van der Waals surface area contributed by atoms with E-state index < -0.39 is 5.97 Å². The number of nitrogens with one attached hydrogen (secondary N) is 1. The molecule has 0 atom stereocenters. The van der Waals surface area contributed by atoms with E-state index >= 15 is 0 Å². The Kier molecular flexibility index (Phi) is 4.52. The number of hydrogen-bond acceptors (Lipinski definition) is 4. The van der Waals surface area contributed by atoms with E-state index in [0.29, 0.717) is 17.9 Å². The highest BCUT2D eigenvalue weighted by Gasteiger charge is 2.09. The molecule has 0 aliphatic carbocycles. The number of nitrogens with zero attached hydrogens (tertiary/aromatic N) is 2. The Morgan fingerprint density at radius 2 is 2.05 bits per heavy atom. The molecular weight excluding hydrogens is 266 g/mol. The third kappa shape index (κ3) is 3.57. The molecule has 0 aliphatic heterocycles. The summed E-state index contributed by atoms with van der Waals surface area (Å²) in [5.74, 6) is -0.350. The Hall–Kier alpha value is -2.87. The molecule has 0 unspecified atom stereocenters. The first kappa shape index (κ1) is 14.5. The maximum absolute atomic E-state index is 10.9. The van der Waals surface area contributed by atoms with E-state index in [1.54, 1.807) is 18.3 Å². The van der Waals surface area contributed by atoms with Gasteiger partial charge in [-0.25, -0.2) is 4.98 Å². The Balaban J connectivity index is 2.20. The van der Waals surface area contributed by atoms with Crippen molar-refractivity contribution in [2.45, 2.75) is 19.9 Å². The quantitative estimate of drug-likeness (QED) is 0.879. The molecule has 2 rings (SSSR count). The lowest BCUT2D eigenvalue weighted by Gasteiger charge is -2.11. The van der Waals surface area contributed by atoms with Crippen molar-refractivity contribution in [2.75, 3.05) is 5.32 Å². The minimum Gasteiger partial charge on any atom is -0.481 e. The second-order valence-corrected chi connectivity index (χ2v) is 4.66. The number of rotatable bonds is 5. The van der Waals surface area contributed by atoms with Crippen LogP contribution in [0.4, 0.5) is 5.82 Å². The van der Waals surface area contributed by atoms with E-state index in [1.807, 2.05) is 25.1 Å². The van der Waals surface area contributed by atoms with Crippen LogP contribution >= 0.6 is 0 Å². The zero-order chi connectivity index (χ0) is 15.2. The average molecular weight is 281 g/mol. The molecule has 0 radical (unpaired) electrons. The van der Waals surface area contributed by atoms with Crippen LogP contribution in [0.1, 0.15) is 22.3 Å². The van der Waals surface area contributed by atoms with Gasteiger partial charge in [0, 0.05) is 12.7 Å². The first-order valence-corrected chi connectivity index (χ1v) is 6.50. The van der Waals surface area contributed by atoms with E-state index in [0.717, 1.165) is 16.7 Å². The van der Waals surface area contributed by atoms with Gasteiger partial charge in [0.25, 0.3) is 0 Å². The van der Waals surface area contributed by atoms with Gasteiger partial charge in [0.2, 0.25) is 0 Å². The number of aromatic nitrogens is 1. The van der Waals surface area contributed by atoms with Crippen LogP contribution in [0, 0.1) is 18.3 Å². The third-order valence-electron chi connectivity index (χ3n) is 3.18. The lowest BCUT2D eigenvalue weighted by molar-refractivity contribution is -0.136. The molecular formula is C16H15N3O2. The van der Waals surface area contributed by atoms with Crippen molar-refractivity contribution >= 4 is 11.8 Å². The molecule has 0 saturated carbocycles. The van der Waals surface area contributed by atoms with Gasteiger partial charge in [0.15, 0.2) is 0 Å². The van der Waals surface area contributed by atoms with E-state index in [-0.39, 0.29) is 6.42 Å². The minimum atomic E-state index is -0.867. The van der Waals surface area contributed by atoms with Crippen molar-refractivity contribution in [2.24, 2.45) is 0 Å². The lowest BCUT2D eigenvalue weighted by atomic mass is 10.0. The Labute approximate surface area is 122 Å². The lowest BCUT2D eigenvalue weighted by Crippen LogP contribution is -2.09. The highest BCUT2D eigenvalue weighted by molar-refractivity contribution is 5.70. The molecule has 0 saturated heterocycles. The molecule has 0 fully saturated rings. The number of anilines is 1. The van der Waals surface area contributed by atoms with Crippen LogP contribution in [0.3, 0.4) is 0 Å². The molecule has 2 aromatic rings. The van der Waals surface area contributed by atoms with Gasteiger partial charge < -0.3 is 10.4 Å². The molecule has 106 valence electrons. The van der Waals surface area contributed by atoms with Gasteiger partial charge in [0.1, 0.15) is 11.9 Å². The summed E-state index contributed by atoms with van der Waals surface area (Å²) in [6.07, 6.45) is 1.62. The number of aryl methyl sites for hydroxylation is 1. The van der Waals surface area contributed by atoms with Gasteiger partial charge in [-0.05, 0) is 29.7 Å². The molecule has 5 nitrogen and oxygen atoms in total. The smallest absolute Gasteiger partial charge is 0.307 e. The second-order valence-electron chi connectivity index (χ2n) is 4.66. The summed E-state index contributed by atoms with van der Waals surface area (Å²) in [5.41, 5.74) is 3.00. The normalized spacial score (nSPS) is 9.90. The summed E-state index contributed by atoms with van der Waals surface area (Å²) in [4.78, 5) is 15.0. The zero-order valence-electron chi connectivity index (χ0n) is 11.6. The number of benzene rings is 1. The monoisotopic (exact) mass is 281 g/mol. The Morgan fingerprint density at radius 1 is 1.33 bits per heavy atom. The first-order valence-electron chi connectivity index (χ1n) is 6.50. The van der Waals surface area contributed by atoms with Crippen LogP contribution in [0.2, 0.25) is 0 Å². The van der Waals surface area contributed by atoms with Gasteiger partial charge >= 0.3 is 5.97 Å². The number of carbonyl (C=O) groups is 1. The number of carboxylic acids is 1. The molecule has 1 aromatic heterocycles. The van der Waals surface area contributed by atoms with E-state index in [9.17, 15) is 4.79 Å². The van der Waals surface area contributed by atoms with Crippen molar-refractivity contribution in [1.82, 2.24) is 4.98 Å². The van der Waals surface area contributed by atoms with Crippen LogP contribution < -0.4 is 5.32 Å². The molecule has 21 heavy (non-hydrogen) atoms. The van der Waals surface area contributed by atoms with Crippen LogP contribution in [-0.2, 0) is 17.8 Å². The minimum absolute atomic E-state index is 0.0236. The summed E-state index contributed by atoms with van der Waals surface area (Å²) in [5, 5.41) is 21.2. The predicted octanol–water partition coefficient (Wildman–Crippen LogP) is 2.50. The molecule has 0 bridgehead atoms. The maximum Gasteiger partial charge on any atom is 0.307 e. The maximum atomic E-state index is 10.9. The van der Waals surface area contributed by atoms with Crippen LogP contribution in [0.5, 0.6) is 0 Å². The van der Waals surface area contributed by atoms with Crippen molar-refractivity contribution < 1.29 is 9.90 Å². The number of carboxylic acid groups (broad SMARTS) is 1. The fraction of sp³-hybridized carbons (Fsp3) is 0.188. The van der Waals surface area contributed by atoms with Gasteiger partial charge in [-0.3, -0.25) is 4.79 Å². The molecule has 0 spiro atoms. The Morgan fingerprint density at radius 3 is 2.71 bits per heavy atom. The fourth-order valence-corrected chi connectivity index (χ4v) is 2.08. The largest absolute Gasteiger partial charge is 0.481 e. The SMILES string of the molecule is Cc1ccnc(NCc2ccccc2CC(=O)O)c1C#N. The van der Waals surface area contributed by atoms with Crippen molar-refractivity contribution in [3.05, 3.63) is 58.8 Å². The molecule has 5 heteroatoms. The van der Waals surface area contributed by atoms with Crippen LogP contribution in [0.25, 0.3) is 0 Å². The van der Waals surface area contributed by atoms with Gasteiger partial charge in [-0.1, -0.05) is 24.3 Å². The number of hydrogen-bond donors (Lipinski definition) is 2. The molecule has 1 aromatic carbocycles. The van der Waals surface area contributed by atoms with E-state index in [1.165, 1.54) is 0 Å². The summed E-state index contributed by atoms with van der Waals surface area (Å²) in [7, 11) is 0. The molecule has 0 aliphatic rings.